The molecule has 120 valence electrons. The van der Waals surface area contributed by atoms with E-state index in [-0.39, 0.29) is 5.91 Å². The Labute approximate surface area is 146 Å². The second kappa shape index (κ2) is 6.36. The smallest absolute Gasteiger partial charge is 0.260 e. The number of fused-ring (bicyclic) bond motifs is 2. The van der Waals surface area contributed by atoms with E-state index in [4.69, 9.17) is 0 Å². The molecule has 2 aromatic carbocycles. The molecule has 0 N–H and O–H groups in total. The monoisotopic (exact) mass is 372 g/mol. The fraction of sp³-hybridized carbons (Fsp3) is 0.316. The van der Waals surface area contributed by atoms with Gasteiger partial charge >= 0.3 is 0 Å². The van der Waals surface area contributed by atoms with Crippen LogP contribution >= 0.6 is 15.9 Å². The Bertz CT molecular complexity index is 757. The number of benzene rings is 2. The molecule has 23 heavy (non-hydrogen) atoms. The molecule has 0 aliphatic carbocycles. The number of nitrogens with zero attached hydrogens (tertiary/aromatic N) is 2. The van der Waals surface area contributed by atoms with Gasteiger partial charge < -0.3 is 9.80 Å². The number of rotatable bonds is 3. The van der Waals surface area contributed by atoms with Crippen molar-refractivity contribution in [3.63, 3.8) is 0 Å². The number of halogens is 1. The zero-order valence-electron chi connectivity index (χ0n) is 13.8. The molecule has 4 heteroatoms. The van der Waals surface area contributed by atoms with E-state index in [1.165, 1.54) is 11.1 Å². The van der Waals surface area contributed by atoms with Gasteiger partial charge in [-0.1, -0.05) is 34.1 Å². The van der Waals surface area contributed by atoms with Gasteiger partial charge in [-0.05, 0) is 49.6 Å². The number of carbonyl (C=O) groups excluding carboxylic acids is 1. The van der Waals surface area contributed by atoms with Gasteiger partial charge in [-0.2, -0.15) is 0 Å². The number of amides is 1. The minimum absolute atomic E-state index is 0.0527. The Hall–Kier alpha value is -1.81. The highest BCUT2D eigenvalue weighted by Gasteiger charge is 2.29. The third-order valence-corrected chi connectivity index (χ3v) is 5.12. The molecule has 1 heterocycles. The van der Waals surface area contributed by atoms with Gasteiger partial charge in [0.25, 0.3) is 5.91 Å². The standard InChI is InChI=1S/C19H21BrN2O/c1-13-9-10-15-18(14(13)2)22(12-6-11-20)17-8-5-4-7-16(17)21(3)19(15)23/h4-5,7-10H,6,11-12H2,1-3H3. The van der Waals surface area contributed by atoms with Gasteiger partial charge in [0, 0.05) is 18.9 Å². The average Bonchev–Trinajstić information content (AvgIpc) is 2.65. The van der Waals surface area contributed by atoms with E-state index >= 15 is 0 Å². The maximum absolute atomic E-state index is 13.0. The van der Waals surface area contributed by atoms with E-state index in [9.17, 15) is 4.79 Å². The van der Waals surface area contributed by atoms with Gasteiger partial charge in [-0.3, -0.25) is 4.79 Å². The number of aryl methyl sites for hydroxylation is 1. The van der Waals surface area contributed by atoms with Crippen molar-refractivity contribution in [1.29, 1.82) is 0 Å². The largest absolute Gasteiger partial charge is 0.339 e. The van der Waals surface area contributed by atoms with E-state index in [1.54, 1.807) is 4.90 Å². The average molecular weight is 373 g/mol. The summed E-state index contributed by atoms with van der Waals surface area (Å²) < 4.78 is 0. The van der Waals surface area contributed by atoms with Crippen LogP contribution in [0.3, 0.4) is 0 Å². The van der Waals surface area contributed by atoms with Crippen LogP contribution in [0, 0.1) is 13.8 Å². The number of hydrogen-bond acceptors (Lipinski definition) is 2. The van der Waals surface area contributed by atoms with E-state index in [0.29, 0.717) is 0 Å². The third kappa shape index (κ3) is 2.65. The van der Waals surface area contributed by atoms with E-state index in [0.717, 1.165) is 40.9 Å². The van der Waals surface area contributed by atoms with Crippen molar-refractivity contribution < 1.29 is 4.79 Å². The van der Waals surface area contributed by atoms with E-state index in [1.807, 2.05) is 37.4 Å². The molecule has 0 fully saturated rings. The topological polar surface area (TPSA) is 23.6 Å². The number of carbonyl (C=O) groups is 1. The molecule has 0 atom stereocenters. The van der Waals surface area contributed by atoms with E-state index in [2.05, 4.69) is 40.7 Å². The molecule has 0 unspecified atom stereocenters. The Morgan fingerprint density at radius 1 is 1.04 bits per heavy atom. The van der Waals surface area contributed by atoms with Crippen LogP contribution in [0.5, 0.6) is 0 Å². The lowest BCUT2D eigenvalue weighted by molar-refractivity contribution is 0.0994. The Morgan fingerprint density at radius 3 is 2.43 bits per heavy atom. The van der Waals surface area contributed by atoms with Crippen LogP contribution in [0.15, 0.2) is 36.4 Å². The highest BCUT2D eigenvalue weighted by atomic mass is 79.9. The van der Waals surface area contributed by atoms with Crippen molar-refractivity contribution in [3.8, 4) is 0 Å². The van der Waals surface area contributed by atoms with Crippen molar-refractivity contribution in [3.05, 3.63) is 53.1 Å². The van der Waals surface area contributed by atoms with Crippen molar-refractivity contribution in [2.45, 2.75) is 20.3 Å². The summed E-state index contributed by atoms with van der Waals surface area (Å²) in [5.41, 5.74) is 6.27. The molecule has 3 rings (SSSR count). The van der Waals surface area contributed by atoms with Crippen LogP contribution in [0.2, 0.25) is 0 Å². The fourth-order valence-corrected chi connectivity index (χ4v) is 3.41. The molecule has 0 aromatic heterocycles. The normalized spacial score (nSPS) is 13.7. The van der Waals surface area contributed by atoms with Gasteiger partial charge in [0.1, 0.15) is 0 Å². The summed E-state index contributed by atoms with van der Waals surface area (Å²) in [6.45, 7) is 5.08. The molecule has 0 spiro atoms. The number of anilines is 3. The lowest BCUT2D eigenvalue weighted by Crippen LogP contribution is -2.25. The molecule has 1 aliphatic heterocycles. The molecule has 3 nitrogen and oxygen atoms in total. The molecular weight excluding hydrogens is 352 g/mol. The summed E-state index contributed by atoms with van der Waals surface area (Å²) >= 11 is 3.53. The van der Waals surface area contributed by atoms with Gasteiger partial charge in [0.05, 0.1) is 22.6 Å². The molecule has 0 bridgehead atoms. The van der Waals surface area contributed by atoms with Crippen molar-refractivity contribution >= 4 is 38.9 Å². The first-order valence-electron chi connectivity index (χ1n) is 7.87. The minimum atomic E-state index is 0.0527. The minimum Gasteiger partial charge on any atom is -0.339 e. The highest BCUT2D eigenvalue weighted by molar-refractivity contribution is 9.09. The van der Waals surface area contributed by atoms with Crippen LogP contribution in [0.4, 0.5) is 17.1 Å². The van der Waals surface area contributed by atoms with Gasteiger partial charge in [0.2, 0.25) is 0 Å². The fourth-order valence-electron chi connectivity index (χ4n) is 3.16. The zero-order valence-corrected chi connectivity index (χ0v) is 15.4. The zero-order chi connectivity index (χ0) is 16.6. The summed E-state index contributed by atoms with van der Waals surface area (Å²) in [6.07, 6.45) is 1.01. The summed E-state index contributed by atoms with van der Waals surface area (Å²) in [7, 11) is 1.86. The van der Waals surface area contributed by atoms with Crippen LogP contribution in [-0.2, 0) is 0 Å². The van der Waals surface area contributed by atoms with Crippen molar-refractivity contribution in [2.24, 2.45) is 0 Å². The van der Waals surface area contributed by atoms with Crippen molar-refractivity contribution in [1.82, 2.24) is 0 Å². The lowest BCUT2D eigenvalue weighted by atomic mass is 10.0. The molecular formula is C19H21BrN2O. The maximum atomic E-state index is 13.0. The molecule has 1 aliphatic rings. The SMILES string of the molecule is Cc1ccc2c(c1C)N(CCCBr)c1ccccc1N(C)C2=O. The molecule has 0 saturated heterocycles. The Balaban J connectivity index is 2.30. The van der Waals surface area contributed by atoms with Crippen LogP contribution < -0.4 is 9.80 Å². The Morgan fingerprint density at radius 2 is 1.74 bits per heavy atom. The van der Waals surface area contributed by atoms with Gasteiger partial charge in [-0.15, -0.1) is 0 Å². The molecule has 1 amide bonds. The van der Waals surface area contributed by atoms with Crippen LogP contribution in [0.1, 0.15) is 27.9 Å². The van der Waals surface area contributed by atoms with Gasteiger partial charge in [0.15, 0.2) is 0 Å². The predicted octanol–water partition coefficient (Wildman–Crippen LogP) is 4.82. The van der Waals surface area contributed by atoms with Crippen LogP contribution in [-0.4, -0.2) is 24.8 Å². The number of alkyl halides is 1. The first-order chi connectivity index (χ1) is 11.1. The molecule has 2 aromatic rings. The highest BCUT2D eigenvalue weighted by Crippen LogP contribution is 2.42. The summed E-state index contributed by atoms with van der Waals surface area (Å²) in [5.74, 6) is 0.0527. The van der Waals surface area contributed by atoms with Gasteiger partial charge in [-0.25, -0.2) is 0 Å². The first-order valence-corrected chi connectivity index (χ1v) is 8.99. The lowest BCUT2D eigenvalue weighted by Gasteiger charge is -2.28. The molecule has 0 saturated carbocycles. The van der Waals surface area contributed by atoms with E-state index < -0.39 is 0 Å². The number of para-hydroxylation sites is 2. The second-order valence-electron chi connectivity index (χ2n) is 5.95. The summed E-state index contributed by atoms with van der Waals surface area (Å²) in [5, 5.41) is 0.940. The quantitative estimate of drug-likeness (QED) is 0.721. The Kier molecular flexibility index (Phi) is 4.44. The first kappa shape index (κ1) is 16.1. The summed E-state index contributed by atoms with van der Waals surface area (Å²) in [4.78, 5) is 17.0. The molecule has 0 radical (unpaired) electrons. The predicted molar refractivity (Wildman–Crippen MR) is 101 cm³/mol. The second-order valence-corrected chi connectivity index (χ2v) is 6.74. The maximum Gasteiger partial charge on any atom is 0.260 e. The number of hydrogen-bond donors (Lipinski definition) is 0. The third-order valence-electron chi connectivity index (χ3n) is 4.56. The summed E-state index contributed by atoms with van der Waals surface area (Å²) in [6, 6.07) is 12.1. The van der Waals surface area contributed by atoms with Crippen LogP contribution in [0.25, 0.3) is 0 Å². The van der Waals surface area contributed by atoms with Crippen molar-refractivity contribution in [2.75, 3.05) is 28.7 Å².